The van der Waals surface area contributed by atoms with Crippen LogP contribution in [0.2, 0.25) is 5.02 Å². The quantitative estimate of drug-likeness (QED) is 0.713. The van der Waals surface area contributed by atoms with Crippen LogP contribution in [0, 0.1) is 0 Å². The normalized spacial score (nSPS) is 10.3. The van der Waals surface area contributed by atoms with Crippen LogP contribution in [-0.4, -0.2) is 5.91 Å². The average molecular weight is 404 g/mol. The molecule has 1 amide bonds. The van der Waals surface area contributed by atoms with Crippen LogP contribution >= 0.6 is 43.5 Å². The summed E-state index contributed by atoms with van der Waals surface area (Å²) in [6.45, 7) is 0. The molecule has 0 saturated carbocycles. The Morgan fingerprint density at radius 3 is 2.53 bits per heavy atom. The van der Waals surface area contributed by atoms with E-state index in [4.69, 9.17) is 17.3 Å². The van der Waals surface area contributed by atoms with E-state index in [1.54, 1.807) is 36.4 Å². The lowest BCUT2D eigenvalue weighted by atomic mass is 10.2. The van der Waals surface area contributed by atoms with Crippen molar-refractivity contribution in [3.63, 3.8) is 0 Å². The maximum Gasteiger partial charge on any atom is 0.256 e. The van der Waals surface area contributed by atoms with Crippen molar-refractivity contribution in [1.29, 1.82) is 0 Å². The van der Waals surface area contributed by atoms with Gasteiger partial charge in [0.25, 0.3) is 5.91 Å². The average Bonchev–Trinajstić information content (AvgIpc) is 2.36. The number of carbonyl (C=O) groups is 1. The van der Waals surface area contributed by atoms with E-state index in [1.165, 1.54) is 0 Å². The number of benzene rings is 2. The van der Waals surface area contributed by atoms with E-state index in [2.05, 4.69) is 37.2 Å². The van der Waals surface area contributed by atoms with Gasteiger partial charge in [-0.3, -0.25) is 4.79 Å². The van der Waals surface area contributed by atoms with Gasteiger partial charge in [0.1, 0.15) is 0 Å². The van der Waals surface area contributed by atoms with E-state index in [9.17, 15) is 4.79 Å². The van der Waals surface area contributed by atoms with Crippen molar-refractivity contribution in [2.24, 2.45) is 0 Å². The lowest BCUT2D eigenvalue weighted by Crippen LogP contribution is -2.12. The third-order valence-electron chi connectivity index (χ3n) is 2.43. The summed E-state index contributed by atoms with van der Waals surface area (Å²) in [7, 11) is 0. The standard InChI is InChI=1S/C13H9Br2ClN2O/c14-10-3-1-7(16)5-9(10)13(19)18-8-2-4-12(17)11(15)6-8/h1-6H,17H2,(H,18,19). The molecule has 0 spiro atoms. The molecule has 2 aromatic rings. The lowest BCUT2D eigenvalue weighted by Gasteiger charge is -2.08. The number of carbonyl (C=O) groups excluding carboxylic acids is 1. The van der Waals surface area contributed by atoms with E-state index < -0.39 is 0 Å². The summed E-state index contributed by atoms with van der Waals surface area (Å²) in [6, 6.07) is 10.2. The molecule has 0 saturated heterocycles. The number of amides is 1. The number of anilines is 2. The molecule has 0 aliphatic carbocycles. The zero-order chi connectivity index (χ0) is 14.0. The predicted octanol–water partition coefficient (Wildman–Crippen LogP) is 4.70. The van der Waals surface area contributed by atoms with Gasteiger partial charge in [0, 0.05) is 25.3 Å². The molecule has 2 rings (SSSR count). The number of hydrogen-bond donors (Lipinski definition) is 2. The van der Waals surface area contributed by atoms with Crippen molar-refractivity contribution in [2.75, 3.05) is 11.1 Å². The van der Waals surface area contributed by atoms with Crippen LogP contribution in [0.25, 0.3) is 0 Å². The van der Waals surface area contributed by atoms with E-state index in [1.807, 2.05) is 0 Å². The maximum atomic E-state index is 12.1. The Labute approximate surface area is 132 Å². The van der Waals surface area contributed by atoms with E-state index in [0.717, 1.165) is 4.47 Å². The fourth-order valence-corrected chi connectivity index (χ4v) is 2.45. The largest absolute Gasteiger partial charge is 0.398 e. The summed E-state index contributed by atoms with van der Waals surface area (Å²) >= 11 is 12.5. The van der Waals surface area contributed by atoms with Gasteiger partial charge in [-0.1, -0.05) is 11.6 Å². The molecule has 2 aromatic carbocycles. The number of nitrogens with two attached hydrogens (primary N) is 1. The summed E-state index contributed by atoms with van der Waals surface area (Å²) < 4.78 is 1.42. The van der Waals surface area contributed by atoms with Crippen LogP contribution in [0.4, 0.5) is 11.4 Å². The van der Waals surface area contributed by atoms with Crippen LogP contribution in [0.3, 0.4) is 0 Å². The van der Waals surface area contributed by atoms with Crippen LogP contribution in [0.15, 0.2) is 45.3 Å². The number of halogens is 3. The number of nitrogens with one attached hydrogen (secondary N) is 1. The first-order valence-corrected chi connectivity index (χ1v) is 7.25. The highest BCUT2D eigenvalue weighted by Crippen LogP contribution is 2.25. The first kappa shape index (κ1) is 14.4. The third-order valence-corrected chi connectivity index (χ3v) is 4.04. The smallest absolute Gasteiger partial charge is 0.256 e. The van der Waals surface area contributed by atoms with Crippen LogP contribution in [0.5, 0.6) is 0 Å². The molecule has 0 aromatic heterocycles. The lowest BCUT2D eigenvalue weighted by molar-refractivity contribution is 0.102. The zero-order valence-electron chi connectivity index (χ0n) is 9.58. The fraction of sp³-hybridized carbons (Fsp3) is 0. The molecular formula is C13H9Br2ClN2O. The number of rotatable bonds is 2. The molecule has 0 radical (unpaired) electrons. The molecule has 6 heteroatoms. The van der Waals surface area contributed by atoms with Crippen molar-refractivity contribution in [3.8, 4) is 0 Å². The van der Waals surface area contributed by atoms with Crippen molar-refractivity contribution in [3.05, 3.63) is 55.9 Å². The summed E-state index contributed by atoms with van der Waals surface area (Å²) in [4.78, 5) is 12.1. The first-order valence-electron chi connectivity index (χ1n) is 5.29. The molecule has 0 aliphatic rings. The molecule has 3 N–H and O–H groups in total. The van der Waals surface area contributed by atoms with E-state index in [0.29, 0.717) is 26.4 Å². The van der Waals surface area contributed by atoms with Crippen molar-refractivity contribution in [2.45, 2.75) is 0 Å². The second-order valence-electron chi connectivity index (χ2n) is 3.81. The Hall–Kier alpha value is -1.04. The summed E-state index contributed by atoms with van der Waals surface area (Å²) in [5.74, 6) is -0.244. The SMILES string of the molecule is Nc1ccc(NC(=O)c2cc(Cl)ccc2Br)cc1Br. The van der Waals surface area contributed by atoms with Crippen LogP contribution in [0.1, 0.15) is 10.4 Å². The Bertz CT molecular complexity index is 647. The summed E-state index contributed by atoms with van der Waals surface area (Å²) in [5, 5.41) is 3.29. The van der Waals surface area contributed by atoms with E-state index in [-0.39, 0.29) is 5.91 Å². The second-order valence-corrected chi connectivity index (χ2v) is 5.96. The Kier molecular flexibility index (Phi) is 4.50. The van der Waals surface area contributed by atoms with Gasteiger partial charge >= 0.3 is 0 Å². The molecule has 98 valence electrons. The van der Waals surface area contributed by atoms with Gasteiger partial charge < -0.3 is 11.1 Å². The third kappa shape index (κ3) is 3.49. The molecule has 3 nitrogen and oxygen atoms in total. The maximum absolute atomic E-state index is 12.1. The minimum absolute atomic E-state index is 0.244. The molecule has 0 atom stereocenters. The van der Waals surface area contributed by atoms with Crippen LogP contribution < -0.4 is 11.1 Å². The van der Waals surface area contributed by atoms with Crippen LogP contribution in [-0.2, 0) is 0 Å². The monoisotopic (exact) mass is 402 g/mol. The van der Waals surface area contributed by atoms with Gasteiger partial charge in [0.15, 0.2) is 0 Å². The highest BCUT2D eigenvalue weighted by molar-refractivity contribution is 9.11. The van der Waals surface area contributed by atoms with Gasteiger partial charge in [0.2, 0.25) is 0 Å². The first-order chi connectivity index (χ1) is 8.97. The van der Waals surface area contributed by atoms with Crippen molar-refractivity contribution < 1.29 is 4.79 Å². The van der Waals surface area contributed by atoms with Gasteiger partial charge in [-0.15, -0.1) is 0 Å². The minimum Gasteiger partial charge on any atom is -0.398 e. The molecule has 0 aliphatic heterocycles. The second kappa shape index (κ2) is 5.94. The minimum atomic E-state index is -0.244. The van der Waals surface area contributed by atoms with E-state index >= 15 is 0 Å². The van der Waals surface area contributed by atoms with Gasteiger partial charge in [-0.05, 0) is 68.3 Å². The molecule has 19 heavy (non-hydrogen) atoms. The molecule has 0 unspecified atom stereocenters. The summed E-state index contributed by atoms with van der Waals surface area (Å²) in [6.07, 6.45) is 0. The Balaban J connectivity index is 2.25. The topological polar surface area (TPSA) is 55.1 Å². The predicted molar refractivity (Wildman–Crippen MR) is 85.7 cm³/mol. The van der Waals surface area contributed by atoms with Crippen molar-refractivity contribution in [1.82, 2.24) is 0 Å². The Morgan fingerprint density at radius 2 is 1.84 bits per heavy atom. The van der Waals surface area contributed by atoms with Crippen molar-refractivity contribution >= 4 is 60.7 Å². The fourth-order valence-electron chi connectivity index (χ4n) is 1.47. The highest BCUT2D eigenvalue weighted by Gasteiger charge is 2.11. The molecule has 0 fully saturated rings. The molecule has 0 bridgehead atoms. The van der Waals surface area contributed by atoms with Gasteiger partial charge in [-0.25, -0.2) is 0 Å². The van der Waals surface area contributed by atoms with Gasteiger partial charge in [0.05, 0.1) is 5.56 Å². The number of nitrogen functional groups attached to an aromatic ring is 1. The summed E-state index contributed by atoms with van der Waals surface area (Å²) in [5.41, 5.74) is 7.43. The number of hydrogen-bond acceptors (Lipinski definition) is 2. The van der Waals surface area contributed by atoms with Gasteiger partial charge in [-0.2, -0.15) is 0 Å². The molecule has 0 heterocycles. The zero-order valence-corrected chi connectivity index (χ0v) is 13.5. The highest BCUT2D eigenvalue weighted by atomic mass is 79.9. The Morgan fingerprint density at radius 1 is 1.11 bits per heavy atom. The molecular weight excluding hydrogens is 395 g/mol.